The molecule has 25 heavy (non-hydrogen) atoms. The number of halogens is 2. The van der Waals surface area contributed by atoms with Gasteiger partial charge in [-0.2, -0.15) is 0 Å². The van der Waals surface area contributed by atoms with E-state index in [2.05, 4.69) is 125 Å². The average Bonchev–Trinajstić information content (AvgIpc) is 2.28. The lowest BCUT2D eigenvalue weighted by atomic mass is 9.93. The Morgan fingerprint density at radius 3 is 1.28 bits per heavy atom. The zero-order valence-electron chi connectivity index (χ0n) is 19.5. The predicted octanol–water partition coefficient (Wildman–Crippen LogP) is 8.46. The van der Waals surface area contributed by atoms with Gasteiger partial charge in [0.25, 0.3) is 0 Å². The molecular weight excluding hydrogens is 500 g/mol. The molecule has 0 aliphatic heterocycles. The molecule has 0 aromatic carbocycles. The lowest BCUT2D eigenvalue weighted by Crippen LogP contribution is -2.62. The molecule has 0 N–H and O–H groups in total. The summed E-state index contributed by atoms with van der Waals surface area (Å²) < 4.78 is 2.21. The van der Waals surface area contributed by atoms with Crippen molar-refractivity contribution in [2.45, 2.75) is 110 Å². The Bertz CT molecular complexity index is 496. The summed E-state index contributed by atoms with van der Waals surface area (Å²) in [5.74, 6) is 0. The fraction of sp³-hybridized carbons (Fsp3) is 0.947. The van der Waals surface area contributed by atoms with Crippen molar-refractivity contribution in [2.75, 3.05) is 0 Å². The molecule has 0 aliphatic rings. The SMILES string of the molecule is CC(C)(C)CC(/[Si](Br)=C(\Br)[Si](C)(C)C(C)(C)C)([Si](C)(C)C)[Si](C)(C)C. The maximum atomic E-state index is 4.44. The first kappa shape index (κ1) is 26.7. The molecule has 0 saturated heterocycles. The van der Waals surface area contributed by atoms with Crippen LogP contribution in [0.5, 0.6) is 0 Å². The molecule has 0 amide bonds. The largest absolute Gasteiger partial charge is 0.101 e. The summed E-state index contributed by atoms with van der Waals surface area (Å²) in [6.45, 7) is 35.6. The van der Waals surface area contributed by atoms with E-state index in [1.54, 1.807) is 3.70 Å². The Morgan fingerprint density at radius 2 is 1.08 bits per heavy atom. The Balaban J connectivity index is 6.98. The van der Waals surface area contributed by atoms with E-state index in [9.17, 15) is 0 Å². The van der Waals surface area contributed by atoms with Crippen molar-refractivity contribution < 1.29 is 0 Å². The van der Waals surface area contributed by atoms with Gasteiger partial charge in [0.15, 0.2) is 0 Å². The van der Waals surface area contributed by atoms with Gasteiger partial charge in [-0.1, -0.05) is 125 Å². The van der Waals surface area contributed by atoms with Crippen molar-refractivity contribution in [1.29, 1.82) is 0 Å². The van der Waals surface area contributed by atoms with Gasteiger partial charge in [-0.05, 0) is 24.9 Å². The molecule has 0 unspecified atom stereocenters. The van der Waals surface area contributed by atoms with Crippen LogP contribution >= 0.6 is 31.2 Å². The van der Waals surface area contributed by atoms with E-state index in [0.717, 1.165) is 0 Å². The fourth-order valence-corrected chi connectivity index (χ4v) is 47.0. The maximum absolute atomic E-state index is 4.44. The van der Waals surface area contributed by atoms with Crippen LogP contribution in [0.2, 0.25) is 61.7 Å². The Kier molecular flexibility index (Phi) is 8.38. The highest BCUT2D eigenvalue weighted by Gasteiger charge is 2.57. The molecule has 0 heterocycles. The molecule has 0 nitrogen and oxygen atoms in total. The number of rotatable bonds is 5. The van der Waals surface area contributed by atoms with Crippen LogP contribution in [0.4, 0.5) is 0 Å². The smallest absolute Gasteiger partial charge is 0.0985 e. The summed E-state index contributed by atoms with van der Waals surface area (Å²) in [4.78, 5) is 0. The van der Waals surface area contributed by atoms with Gasteiger partial charge in [-0.15, -0.1) is 0 Å². The Labute approximate surface area is 180 Å². The van der Waals surface area contributed by atoms with Gasteiger partial charge in [-0.25, -0.2) is 0 Å². The van der Waals surface area contributed by atoms with Crippen LogP contribution in [0.3, 0.4) is 0 Å². The minimum atomic E-state index is -1.54. The van der Waals surface area contributed by atoms with Crippen LogP contribution in [0.15, 0.2) is 0 Å². The third-order valence-electron chi connectivity index (χ3n) is 6.35. The molecule has 6 heteroatoms. The lowest BCUT2D eigenvalue weighted by Gasteiger charge is -2.56. The van der Waals surface area contributed by atoms with Gasteiger partial charge >= 0.3 is 0 Å². The Hall–Kier alpha value is 1.70. The monoisotopic (exact) mass is 542 g/mol. The quantitative estimate of drug-likeness (QED) is 0.241. The van der Waals surface area contributed by atoms with Crippen LogP contribution in [0.25, 0.3) is 0 Å². The van der Waals surface area contributed by atoms with E-state index in [-0.39, 0.29) is 0 Å². The third-order valence-corrected chi connectivity index (χ3v) is 43.4. The first-order chi connectivity index (χ1) is 10.5. The van der Waals surface area contributed by atoms with Crippen molar-refractivity contribution >= 4 is 66.2 Å². The van der Waals surface area contributed by atoms with Gasteiger partial charge < -0.3 is 0 Å². The molecule has 0 spiro atoms. The maximum Gasteiger partial charge on any atom is 0.101 e. The highest BCUT2D eigenvalue weighted by atomic mass is 79.9. The molecule has 0 fully saturated rings. The number of hydrogen-bond acceptors (Lipinski definition) is 0. The fourth-order valence-electron chi connectivity index (χ4n) is 3.98. The predicted molar refractivity (Wildman–Crippen MR) is 139 cm³/mol. The second kappa shape index (κ2) is 7.85. The molecule has 0 radical (unpaired) electrons. The summed E-state index contributed by atoms with van der Waals surface area (Å²) in [5, 5.41) is 0.377. The van der Waals surface area contributed by atoms with E-state index in [0.29, 0.717) is 14.7 Å². The summed E-state index contributed by atoms with van der Waals surface area (Å²) in [6.07, 6.45) is 1.36. The second-order valence-corrected chi connectivity index (χ2v) is 37.2. The van der Waals surface area contributed by atoms with E-state index in [1.807, 2.05) is 0 Å². The van der Waals surface area contributed by atoms with Crippen molar-refractivity contribution in [3.05, 3.63) is 0 Å². The van der Waals surface area contributed by atoms with E-state index < -0.39 is 31.2 Å². The topological polar surface area (TPSA) is 0 Å². The van der Waals surface area contributed by atoms with E-state index >= 15 is 0 Å². The van der Waals surface area contributed by atoms with Crippen molar-refractivity contribution in [1.82, 2.24) is 0 Å². The van der Waals surface area contributed by atoms with Gasteiger partial charge in [-0.3, -0.25) is 0 Å². The number of hydrogen-bond donors (Lipinski definition) is 0. The van der Waals surface area contributed by atoms with E-state index in [1.165, 1.54) is 6.42 Å². The molecule has 0 aromatic heterocycles. The van der Waals surface area contributed by atoms with E-state index in [4.69, 9.17) is 0 Å². The molecule has 150 valence electrons. The molecule has 0 atom stereocenters. The standard InChI is InChI=1S/C19H44Br2Si4/c1-17(2,3)15-19(23(7,8)9,24(10,11)12)22(21)16(20)25(13,14)18(4,5)6/h15H2,1-14H3/b22-16-. The Morgan fingerprint density at radius 1 is 0.760 bits per heavy atom. The zero-order chi connectivity index (χ0) is 20.9. The first-order valence-corrected chi connectivity index (χ1v) is 24.1. The lowest BCUT2D eigenvalue weighted by molar-refractivity contribution is 0.371. The molecule has 0 aliphatic carbocycles. The average molecular weight is 545 g/mol. The van der Waals surface area contributed by atoms with Gasteiger partial charge in [0.1, 0.15) is 7.03 Å². The second-order valence-electron chi connectivity index (χ2n) is 12.6. The summed E-state index contributed by atoms with van der Waals surface area (Å²) in [6, 6.07) is 0. The highest BCUT2D eigenvalue weighted by Crippen LogP contribution is 2.56. The molecule has 0 aromatic rings. The minimum Gasteiger partial charge on any atom is -0.0985 e. The van der Waals surface area contributed by atoms with Crippen molar-refractivity contribution in [3.63, 3.8) is 0 Å². The van der Waals surface area contributed by atoms with Crippen molar-refractivity contribution in [3.8, 4) is 0 Å². The normalized spacial score (nSPS) is 16.8. The molecular formula is C19H44Br2Si4. The van der Waals surface area contributed by atoms with Crippen LogP contribution in [-0.4, -0.2) is 35.0 Å². The van der Waals surface area contributed by atoms with Crippen LogP contribution in [0, 0.1) is 5.41 Å². The van der Waals surface area contributed by atoms with Crippen LogP contribution < -0.4 is 0 Å². The summed E-state index contributed by atoms with van der Waals surface area (Å²) in [7, 11) is -5.19. The third kappa shape index (κ3) is 5.61. The van der Waals surface area contributed by atoms with Crippen LogP contribution in [0.1, 0.15) is 48.0 Å². The van der Waals surface area contributed by atoms with Gasteiger partial charge in [0.05, 0.1) is 8.07 Å². The molecule has 0 saturated carbocycles. The zero-order valence-corrected chi connectivity index (χ0v) is 26.6. The minimum absolute atomic E-state index is 0.366. The highest BCUT2D eigenvalue weighted by molar-refractivity contribution is 9.28. The van der Waals surface area contributed by atoms with Gasteiger partial charge in [0.2, 0.25) is 0 Å². The first-order valence-electron chi connectivity index (χ1n) is 9.59. The van der Waals surface area contributed by atoms with Crippen molar-refractivity contribution in [2.24, 2.45) is 5.41 Å². The van der Waals surface area contributed by atoms with Gasteiger partial charge in [0, 0.05) is 16.1 Å². The summed E-state index contributed by atoms with van der Waals surface area (Å²) >= 11 is 8.69. The summed E-state index contributed by atoms with van der Waals surface area (Å²) in [5.41, 5.74) is 0.366. The van der Waals surface area contributed by atoms with Crippen LogP contribution in [-0.2, 0) is 0 Å². The molecule has 0 bridgehead atoms. The molecule has 0 rings (SSSR count).